The van der Waals surface area contributed by atoms with Gasteiger partial charge < -0.3 is 163 Å². The molecular weight excluding hydrogens is 1660 g/mol. The molecule has 45 heteroatoms. The molecule has 2 aliphatic heterocycles. The number of aliphatic hydroxyl groups excluding tert-OH is 13. The summed E-state index contributed by atoms with van der Waals surface area (Å²) in [7, 11) is 0. The van der Waals surface area contributed by atoms with Gasteiger partial charge in [0.05, 0.1) is 207 Å². The molecule has 0 spiro atoms. The highest BCUT2D eigenvalue weighted by Gasteiger charge is 2.48. The van der Waals surface area contributed by atoms with Crippen molar-refractivity contribution < 1.29 is 176 Å². The molecule has 18 N–H and O–H groups in total. The van der Waals surface area contributed by atoms with Crippen LogP contribution in [0.4, 0.5) is 16.3 Å². The first-order valence-corrected chi connectivity index (χ1v) is 41.3. The van der Waals surface area contributed by atoms with Gasteiger partial charge >= 0.3 is 12.1 Å². The second kappa shape index (κ2) is 60.0. The topological polar surface area (TPSA) is 626 Å². The van der Waals surface area contributed by atoms with Crippen LogP contribution in [0.3, 0.4) is 0 Å². The zero-order chi connectivity index (χ0) is 90.8. The lowest BCUT2D eigenvalue weighted by atomic mass is 9.99. The quantitative estimate of drug-likeness (QED) is 0.0145. The molecule has 0 aliphatic carbocycles. The Kier molecular flexibility index (Phi) is 50.8. The number of nitrogens with zero attached hydrogens (tertiary/aromatic N) is 5. The van der Waals surface area contributed by atoms with Gasteiger partial charge in [0.2, 0.25) is 24.0 Å². The molecule has 706 valence electrons. The molecule has 1 unspecified atom stereocenters. The Labute approximate surface area is 721 Å². The van der Waals surface area contributed by atoms with Gasteiger partial charge in [-0.05, 0) is 42.5 Å². The van der Waals surface area contributed by atoms with Crippen LogP contribution in [0, 0.1) is 5.92 Å². The minimum Gasteiger partial charge on any atom is -0.479 e. The van der Waals surface area contributed by atoms with Gasteiger partial charge in [0.25, 0.3) is 11.8 Å². The number of carbonyl (C=O) groups excluding carboxylic acids is 6. The Bertz CT molecular complexity index is 3770. The summed E-state index contributed by atoms with van der Waals surface area (Å²) in [5, 5.41) is 152. The third-order valence-electron chi connectivity index (χ3n) is 19.0. The summed E-state index contributed by atoms with van der Waals surface area (Å²) in [6.07, 6.45) is -20.9. The average Bonchev–Trinajstić information content (AvgIpc) is 1.64. The maximum absolute atomic E-state index is 14.5. The Morgan fingerprint density at radius 1 is 0.552 bits per heavy atom. The summed E-state index contributed by atoms with van der Waals surface area (Å²) in [6.45, 7) is 7.80. The molecule has 6 rings (SSSR count). The Morgan fingerprint density at radius 3 is 1.52 bits per heavy atom. The van der Waals surface area contributed by atoms with Gasteiger partial charge in [0.15, 0.2) is 11.9 Å². The van der Waals surface area contributed by atoms with Gasteiger partial charge in [-0.1, -0.05) is 44.5 Å². The summed E-state index contributed by atoms with van der Waals surface area (Å²) in [5.41, 5.74) is 1.73. The van der Waals surface area contributed by atoms with E-state index in [1.165, 1.54) is 23.1 Å². The van der Waals surface area contributed by atoms with Crippen molar-refractivity contribution in [2.45, 2.75) is 145 Å². The summed E-state index contributed by atoms with van der Waals surface area (Å²) in [5.74, 6) is -4.66. The molecule has 4 aromatic rings. The number of anilines is 2. The van der Waals surface area contributed by atoms with Gasteiger partial charge in [0.1, 0.15) is 78.9 Å². The standard InChI is InChI=1S/C80H125N9O36/c1-51(2)44-88-50-82-66-67(88)53-8-5-6-9-54(53)84-76(66)86-80(110)123-49-52-11-12-61(124-79-74(106)72(104)73(105)75(125-79)78(108)109)55(42-52)85-77(107)56(83-63(97)10-4-3-7-16-89-64(98)13-14-65(89)99)43-81-62(96)15-18-111-20-22-113-24-26-115-28-30-117-32-34-119-36-38-121-40-41-122-39-37-120-35-33-118-31-29-116-27-25-114-23-21-112-19-17-87(45-57(92)68(100)70(102)59(94)47-90)46-58(93)69(101)71(103)60(95)48-91/h5-6,8-9,11-14,42,50-51,56-60,68-75,79,90-95,100-106H,3-4,7,10,15-41,43-49H2,1-2H3,(H,81,96)(H,83,97)(H,85,107)(H,108,109)(H,84,86,110)/t56?,57-,58-,59+,60+,68+,69+,70+,71+,72-,73-,74+,75-,79+/m0/s1. The monoisotopic (exact) mass is 1790 g/mol. The number of aromatic nitrogens is 3. The lowest BCUT2D eigenvalue weighted by Gasteiger charge is -2.38. The van der Waals surface area contributed by atoms with Crippen LogP contribution in [-0.2, 0) is 108 Å². The summed E-state index contributed by atoms with van der Waals surface area (Å²) < 4.78 is 85.3. The second-order valence-corrected chi connectivity index (χ2v) is 29.2. The SMILES string of the molecule is CC(C)Cn1cnc2c(NC(=O)OCc3ccc(O[C@@H]4O[C@H](C(=O)O)[C@@H](O)[C@H](O)[C@H]4O)c(NC(=O)C(CNC(=O)CCOCCOCCOCCOCCOCCOCCOCCOCCOCCOCCOCCOCCN(C[C@H](O)[C@@H](O)[C@H](O)[C@H](O)CO)C[C@H](O)[C@@H](O)[C@H](O)[C@H](O)CO)NC(=O)CCCCCN4C(=O)C=CC4=O)c3)nc3ccccc3c21. The summed E-state index contributed by atoms with van der Waals surface area (Å²) in [4.78, 5) is 103. The van der Waals surface area contributed by atoms with Crippen molar-refractivity contribution >= 4 is 75.0 Å². The predicted octanol–water partition coefficient (Wildman–Crippen LogP) is -4.95. The normalized spacial score (nSPS) is 18.3. The van der Waals surface area contributed by atoms with Gasteiger partial charge in [-0.2, -0.15) is 0 Å². The van der Waals surface area contributed by atoms with E-state index in [9.17, 15) is 94.8 Å². The van der Waals surface area contributed by atoms with Crippen LogP contribution < -0.4 is 26.0 Å². The minimum atomic E-state index is -2.07. The fourth-order valence-corrected chi connectivity index (χ4v) is 12.2. The highest BCUT2D eigenvalue weighted by atomic mass is 16.7. The Morgan fingerprint density at radius 2 is 1.03 bits per heavy atom. The molecule has 45 nitrogen and oxygen atoms in total. The number of hydrogen-bond acceptors (Lipinski definition) is 38. The second-order valence-electron chi connectivity index (χ2n) is 29.2. The van der Waals surface area contributed by atoms with Crippen molar-refractivity contribution in [2.75, 3.05) is 215 Å². The van der Waals surface area contributed by atoms with E-state index < -0.39 is 167 Å². The number of fused-ring (bicyclic) bond motifs is 3. The predicted molar refractivity (Wildman–Crippen MR) is 436 cm³/mol. The lowest BCUT2D eigenvalue weighted by Crippen LogP contribution is -2.61. The number of nitrogens with one attached hydrogen (secondary N) is 4. The number of carboxylic acids is 1. The number of unbranched alkanes of at least 4 members (excludes halogenated alkanes) is 2. The molecule has 2 aromatic heterocycles. The van der Waals surface area contributed by atoms with Crippen LogP contribution in [0.2, 0.25) is 0 Å². The molecule has 125 heavy (non-hydrogen) atoms. The van der Waals surface area contributed by atoms with Gasteiger partial charge in [-0.3, -0.25) is 39.1 Å². The molecule has 0 radical (unpaired) electrons. The van der Waals surface area contributed by atoms with Gasteiger partial charge in [0, 0.05) is 69.6 Å². The van der Waals surface area contributed by atoms with Gasteiger partial charge in [-0.25, -0.2) is 19.6 Å². The van der Waals surface area contributed by atoms with E-state index in [0.717, 1.165) is 28.0 Å². The molecular formula is C80H125N9O36. The molecule has 14 atom stereocenters. The van der Waals surface area contributed by atoms with E-state index in [0.29, 0.717) is 123 Å². The third-order valence-corrected chi connectivity index (χ3v) is 19.0. The number of imidazole rings is 1. The molecule has 1 saturated heterocycles. The first-order valence-electron chi connectivity index (χ1n) is 41.3. The molecule has 1 fully saturated rings. The number of aliphatic carboxylic acids is 1. The lowest BCUT2D eigenvalue weighted by molar-refractivity contribution is -0.271. The number of aliphatic hydroxyl groups is 13. The van der Waals surface area contributed by atoms with E-state index in [4.69, 9.17) is 81.3 Å². The van der Waals surface area contributed by atoms with Crippen molar-refractivity contribution in [1.82, 2.24) is 35.0 Å². The van der Waals surface area contributed by atoms with E-state index >= 15 is 0 Å². The van der Waals surface area contributed by atoms with Crippen molar-refractivity contribution in [3.63, 3.8) is 0 Å². The molecule has 6 amide bonds. The maximum Gasteiger partial charge on any atom is 0.413 e. The zero-order valence-electron chi connectivity index (χ0n) is 70.3. The van der Waals surface area contributed by atoms with Crippen molar-refractivity contribution in [2.24, 2.45) is 5.92 Å². The number of pyridine rings is 1. The zero-order valence-corrected chi connectivity index (χ0v) is 70.3. The first kappa shape index (κ1) is 106. The molecule has 2 aliphatic rings. The number of carbonyl (C=O) groups is 7. The van der Waals surface area contributed by atoms with Gasteiger partial charge in [-0.15, -0.1) is 0 Å². The smallest absolute Gasteiger partial charge is 0.413 e. The highest BCUT2D eigenvalue weighted by Crippen LogP contribution is 2.33. The third kappa shape index (κ3) is 38.9. The summed E-state index contributed by atoms with van der Waals surface area (Å²) in [6, 6.07) is 9.80. The van der Waals surface area contributed by atoms with Crippen molar-refractivity contribution in [3.05, 3.63) is 66.5 Å². The Balaban J connectivity index is 0.789. The average molecular weight is 1790 g/mol. The molecule has 4 heterocycles. The highest BCUT2D eigenvalue weighted by molar-refractivity contribution is 6.13. The number of hydrogen-bond donors (Lipinski definition) is 18. The summed E-state index contributed by atoms with van der Waals surface area (Å²) >= 11 is 0. The number of imide groups is 1. The number of rotatable bonds is 70. The fourth-order valence-electron chi connectivity index (χ4n) is 12.2. The van der Waals surface area contributed by atoms with Crippen LogP contribution >= 0.6 is 0 Å². The van der Waals surface area contributed by atoms with E-state index in [1.54, 1.807) is 18.5 Å². The number of amides is 6. The molecule has 2 aromatic carbocycles. The minimum absolute atomic E-state index is 0.000812. The number of ether oxygens (including phenoxy) is 15. The fraction of sp³-hybridized carbons (Fsp3) is 0.688. The first-order chi connectivity index (χ1) is 60.2. The number of carboxylic acid groups (broad SMARTS) is 1. The van der Waals surface area contributed by atoms with Crippen LogP contribution in [0.5, 0.6) is 5.75 Å². The van der Waals surface area contributed by atoms with E-state index in [1.807, 2.05) is 16.7 Å². The van der Waals surface area contributed by atoms with Crippen LogP contribution in [0.25, 0.3) is 21.9 Å². The van der Waals surface area contributed by atoms with Crippen molar-refractivity contribution in [1.29, 1.82) is 0 Å². The molecule has 0 saturated carbocycles. The Hall–Kier alpha value is -7.93. The maximum atomic E-state index is 14.5. The van der Waals surface area contributed by atoms with Crippen LogP contribution in [0.1, 0.15) is 51.5 Å². The van der Waals surface area contributed by atoms with E-state index in [2.05, 4.69) is 45.1 Å². The number of benzene rings is 2. The van der Waals surface area contributed by atoms with Crippen LogP contribution in [-0.4, -0.2) is 428 Å². The number of para-hydroxylation sites is 1. The largest absolute Gasteiger partial charge is 0.479 e. The van der Waals surface area contributed by atoms with E-state index in [-0.39, 0.29) is 127 Å². The van der Waals surface area contributed by atoms with Crippen molar-refractivity contribution in [3.8, 4) is 5.75 Å². The van der Waals surface area contributed by atoms with Crippen LogP contribution in [0.15, 0.2) is 60.9 Å². The molecule has 0 bridgehead atoms.